The van der Waals surface area contributed by atoms with Gasteiger partial charge in [-0.2, -0.15) is 11.3 Å². The molecule has 26 heavy (non-hydrogen) atoms. The van der Waals surface area contributed by atoms with E-state index in [0.29, 0.717) is 0 Å². The van der Waals surface area contributed by atoms with Crippen molar-refractivity contribution >= 4 is 44.5 Å². The van der Waals surface area contributed by atoms with Gasteiger partial charge in [-0.25, -0.2) is 4.98 Å². The number of nitrogens with one attached hydrogen (secondary N) is 2. The van der Waals surface area contributed by atoms with E-state index < -0.39 is 0 Å². The van der Waals surface area contributed by atoms with E-state index in [2.05, 4.69) is 56.4 Å². The smallest absolute Gasteiger partial charge is 0.163 e. The Morgan fingerprint density at radius 1 is 0.962 bits per heavy atom. The van der Waals surface area contributed by atoms with E-state index in [1.54, 1.807) is 17.7 Å². The molecule has 0 atom stereocenters. The van der Waals surface area contributed by atoms with Gasteiger partial charge in [-0.05, 0) is 30.0 Å². The zero-order valence-corrected chi connectivity index (χ0v) is 14.8. The van der Waals surface area contributed by atoms with Crippen LogP contribution >= 0.6 is 11.3 Å². The Kier molecular flexibility index (Phi) is 3.43. The first-order valence-electron chi connectivity index (χ1n) is 8.29. The lowest BCUT2D eigenvalue weighted by Gasteiger charge is -2.12. The van der Waals surface area contributed by atoms with Gasteiger partial charge in [-0.3, -0.25) is 0 Å². The first-order valence-corrected chi connectivity index (χ1v) is 9.23. The number of aryl methyl sites for hydroxylation is 1. The molecule has 6 heteroatoms. The molecule has 0 aliphatic rings. The van der Waals surface area contributed by atoms with Gasteiger partial charge >= 0.3 is 0 Å². The average molecular weight is 357 g/mol. The number of hydrogen-bond acceptors (Lipinski definition) is 5. The summed E-state index contributed by atoms with van der Waals surface area (Å²) in [5, 5.41) is 19.3. The molecule has 0 amide bonds. The summed E-state index contributed by atoms with van der Waals surface area (Å²) < 4.78 is 0. The monoisotopic (exact) mass is 357 g/mol. The molecule has 0 radical (unpaired) electrons. The lowest BCUT2D eigenvalue weighted by molar-refractivity contribution is 1.10. The van der Waals surface area contributed by atoms with Crippen LogP contribution in [0.5, 0.6) is 0 Å². The molecule has 0 aliphatic heterocycles. The third-order valence-electron chi connectivity index (χ3n) is 4.54. The number of H-pyrrole nitrogens is 1. The van der Waals surface area contributed by atoms with Crippen LogP contribution in [0.2, 0.25) is 0 Å². The number of pyridine rings is 1. The van der Waals surface area contributed by atoms with Crippen molar-refractivity contribution in [2.75, 3.05) is 5.32 Å². The van der Waals surface area contributed by atoms with Crippen molar-refractivity contribution in [1.29, 1.82) is 0 Å². The van der Waals surface area contributed by atoms with E-state index in [0.717, 1.165) is 39.2 Å². The van der Waals surface area contributed by atoms with Crippen LogP contribution in [0.4, 0.5) is 11.5 Å². The van der Waals surface area contributed by atoms with Crippen LogP contribution < -0.4 is 5.32 Å². The van der Waals surface area contributed by atoms with Crippen LogP contribution in [0.15, 0.2) is 59.6 Å². The molecule has 2 aromatic carbocycles. The highest BCUT2D eigenvalue weighted by Crippen LogP contribution is 2.36. The van der Waals surface area contributed by atoms with Gasteiger partial charge in [0.1, 0.15) is 12.1 Å². The fourth-order valence-electron chi connectivity index (χ4n) is 3.21. The average Bonchev–Trinajstić information content (AvgIpc) is 3.35. The molecule has 0 unspecified atom stereocenters. The minimum atomic E-state index is 0.722. The standard InChI is InChI=1S/C20H15N5S/c1-12-5-2-3-8-17(12)23-20-16-10-26-9-15(16)13-6-4-7-14(18(13)24-20)19-21-11-22-25-19/h2-11H,1H3,(H,23,24)(H,21,22,25). The van der Waals surface area contributed by atoms with Gasteiger partial charge < -0.3 is 10.3 Å². The van der Waals surface area contributed by atoms with Crippen LogP contribution in [-0.4, -0.2) is 20.2 Å². The molecule has 5 nitrogen and oxygen atoms in total. The Balaban J connectivity index is 1.79. The summed E-state index contributed by atoms with van der Waals surface area (Å²) in [6.07, 6.45) is 1.59. The zero-order valence-electron chi connectivity index (χ0n) is 14.0. The summed E-state index contributed by atoms with van der Waals surface area (Å²) in [5.41, 5.74) is 4.09. The highest BCUT2D eigenvalue weighted by atomic mass is 32.1. The number of rotatable bonds is 3. The largest absolute Gasteiger partial charge is 0.339 e. The van der Waals surface area contributed by atoms with Gasteiger partial charge in [0.05, 0.1) is 5.52 Å². The predicted molar refractivity (Wildman–Crippen MR) is 107 cm³/mol. The normalized spacial score (nSPS) is 11.3. The van der Waals surface area contributed by atoms with Crippen molar-refractivity contribution in [3.8, 4) is 11.4 Å². The molecule has 0 aliphatic carbocycles. The van der Waals surface area contributed by atoms with E-state index >= 15 is 0 Å². The number of para-hydroxylation sites is 2. The first kappa shape index (κ1) is 15.0. The third kappa shape index (κ3) is 2.34. The summed E-state index contributed by atoms with van der Waals surface area (Å²) in [6.45, 7) is 2.09. The van der Waals surface area contributed by atoms with Gasteiger partial charge in [0.15, 0.2) is 5.82 Å². The summed E-state index contributed by atoms with van der Waals surface area (Å²) in [7, 11) is 0. The molecule has 3 heterocycles. The topological polar surface area (TPSA) is 66.5 Å². The molecule has 2 N–H and O–H groups in total. The SMILES string of the molecule is Cc1ccccc1Nc1nc2c(-c3nnc[nH]3)cccc2c2cscc12. The maximum absolute atomic E-state index is 4.98. The minimum Gasteiger partial charge on any atom is -0.339 e. The summed E-state index contributed by atoms with van der Waals surface area (Å²) >= 11 is 1.68. The van der Waals surface area contributed by atoms with Crippen molar-refractivity contribution in [2.45, 2.75) is 6.92 Å². The van der Waals surface area contributed by atoms with Gasteiger partial charge in [0.2, 0.25) is 0 Å². The molecule has 0 bridgehead atoms. The third-order valence-corrected chi connectivity index (χ3v) is 5.28. The summed E-state index contributed by atoms with van der Waals surface area (Å²) in [6, 6.07) is 14.4. The maximum atomic E-state index is 4.98. The van der Waals surface area contributed by atoms with E-state index in [1.807, 2.05) is 24.3 Å². The quantitative estimate of drug-likeness (QED) is 0.461. The van der Waals surface area contributed by atoms with E-state index in [1.165, 1.54) is 10.9 Å². The van der Waals surface area contributed by atoms with Crippen molar-refractivity contribution < 1.29 is 0 Å². The predicted octanol–water partition coefficient (Wildman–Crippen LogP) is 5.29. The number of aromatic nitrogens is 4. The highest BCUT2D eigenvalue weighted by Gasteiger charge is 2.14. The molecule has 0 fully saturated rings. The van der Waals surface area contributed by atoms with Crippen LogP contribution in [0.1, 0.15) is 5.56 Å². The Hall–Kier alpha value is -3.25. The number of aromatic amines is 1. The molecule has 5 rings (SSSR count). The molecule has 5 aromatic rings. The molecule has 126 valence electrons. The maximum Gasteiger partial charge on any atom is 0.163 e. The number of thiophene rings is 1. The van der Waals surface area contributed by atoms with Gasteiger partial charge in [-0.1, -0.05) is 30.3 Å². The summed E-state index contributed by atoms with van der Waals surface area (Å²) in [5.74, 6) is 1.58. The summed E-state index contributed by atoms with van der Waals surface area (Å²) in [4.78, 5) is 8.06. The minimum absolute atomic E-state index is 0.722. The van der Waals surface area contributed by atoms with Crippen molar-refractivity contribution in [2.24, 2.45) is 0 Å². The van der Waals surface area contributed by atoms with Crippen LogP contribution in [-0.2, 0) is 0 Å². The fraction of sp³-hybridized carbons (Fsp3) is 0.0500. The Bertz CT molecular complexity index is 1220. The molecule has 0 saturated heterocycles. The van der Waals surface area contributed by atoms with Crippen LogP contribution in [0.25, 0.3) is 33.1 Å². The zero-order chi connectivity index (χ0) is 17.5. The molecule has 0 spiro atoms. The van der Waals surface area contributed by atoms with Gasteiger partial charge in [-0.15, -0.1) is 10.2 Å². The highest BCUT2D eigenvalue weighted by molar-refractivity contribution is 7.09. The number of anilines is 2. The molecule has 0 saturated carbocycles. The number of nitrogens with zero attached hydrogens (tertiary/aromatic N) is 3. The number of benzene rings is 2. The van der Waals surface area contributed by atoms with Gasteiger partial charge in [0, 0.05) is 32.8 Å². The molecule has 3 aromatic heterocycles. The van der Waals surface area contributed by atoms with Crippen molar-refractivity contribution in [3.63, 3.8) is 0 Å². The van der Waals surface area contributed by atoms with Crippen molar-refractivity contribution in [1.82, 2.24) is 20.2 Å². The second kappa shape index (κ2) is 5.93. The van der Waals surface area contributed by atoms with E-state index in [4.69, 9.17) is 4.98 Å². The number of fused-ring (bicyclic) bond motifs is 3. The fourth-order valence-corrected chi connectivity index (χ4v) is 4.04. The Labute approximate surface area is 153 Å². The van der Waals surface area contributed by atoms with Gasteiger partial charge in [0.25, 0.3) is 0 Å². The van der Waals surface area contributed by atoms with Crippen LogP contribution in [0.3, 0.4) is 0 Å². The lowest BCUT2D eigenvalue weighted by Crippen LogP contribution is -1.98. The second-order valence-electron chi connectivity index (χ2n) is 6.14. The number of hydrogen-bond donors (Lipinski definition) is 2. The van der Waals surface area contributed by atoms with Crippen LogP contribution in [0, 0.1) is 6.92 Å². The molecular weight excluding hydrogens is 342 g/mol. The lowest BCUT2D eigenvalue weighted by atomic mass is 10.1. The van der Waals surface area contributed by atoms with Crippen molar-refractivity contribution in [3.05, 3.63) is 65.1 Å². The Morgan fingerprint density at radius 3 is 2.69 bits per heavy atom. The first-order chi connectivity index (χ1) is 12.8. The second-order valence-corrected chi connectivity index (χ2v) is 6.88. The Morgan fingerprint density at radius 2 is 1.85 bits per heavy atom. The van der Waals surface area contributed by atoms with E-state index in [9.17, 15) is 0 Å². The van der Waals surface area contributed by atoms with E-state index in [-0.39, 0.29) is 0 Å². The molecular formula is C20H15N5S.